The van der Waals surface area contributed by atoms with E-state index >= 15 is 0 Å². The molecule has 0 aliphatic heterocycles. The van der Waals surface area contributed by atoms with E-state index in [0.29, 0.717) is 5.03 Å². The van der Waals surface area contributed by atoms with Crippen LogP contribution >= 0.6 is 11.8 Å². The minimum atomic E-state index is -1.11. The fourth-order valence-electron chi connectivity index (χ4n) is 1.04. The Morgan fingerprint density at radius 1 is 1.56 bits per heavy atom. The number of hydrogen-bond donors (Lipinski definition) is 2. The van der Waals surface area contributed by atoms with Gasteiger partial charge in [-0.15, -0.1) is 11.8 Å². The van der Waals surface area contributed by atoms with E-state index in [0.717, 1.165) is 11.8 Å². The lowest BCUT2D eigenvalue weighted by molar-refractivity contribution is -0.140. The predicted molar refractivity (Wildman–Crippen MR) is 62.7 cm³/mol. The maximum Gasteiger partial charge on any atom is 0.327 e. The van der Waals surface area contributed by atoms with Crippen LogP contribution in [0, 0.1) is 11.3 Å². The molecule has 94 valence electrons. The van der Waals surface area contributed by atoms with E-state index in [9.17, 15) is 9.59 Å². The number of nitriles is 1. The number of aliphatic carboxylic acids is 1. The molecule has 1 aromatic rings. The molecule has 1 heterocycles. The van der Waals surface area contributed by atoms with Crippen LogP contribution in [0.4, 0.5) is 0 Å². The highest BCUT2D eigenvalue weighted by Gasteiger charge is 2.18. The number of hydrogen-bond acceptors (Lipinski definition) is 6. The molecular weight excluding hydrogens is 256 g/mol. The molecule has 0 spiro atoms. The van der Waals surface area contributed by atoms with E-state index < -0.39 is 17.9 Å². The van der Waals surface area contributed by atoms with Gasteiger partial charge in [0.1, 0.15) is 17.1 Å². The van der Waals surface area contributed by atoms with Crippen LogP contribution in [-0.2, 0) is 9.59 Å². The van der Waals surface area contributed by atoms with Crippen molar-refractivity contribution in [1.82, 2.24) is 15.3 Å². The molecule has 0 bridgehead atoms. The van der Waals surface area contributed by atoms with Gasteiger partial charge in [0.05, 0.1) is 12.4 Å². The van der Waals surface area contributed by atoms with Gasteiger partial charge in [0, 0.05) is 12.7 Å². The molecule has 0 aliphatic carbocycles. The fraction of sp³-hybridized carbons (Fsp3) is 0.300. The van der Waals surface area contributed by atoms with E-state index in [1.807, 2.05) is 6.07 Å². The Hall–Kier alpha value is -2.14. The van der Waals surface area contributed by atoms with Crippen LogP contribution in [0.25, 0.3) is 0 Å². The largest absolute Gasteiger partial charge is 0.480 e. The van der Waals surface area contributed by atoms with Crippen LogP contribution in [0.2, 0.25) is 0 Å². The summed E-state index contributed by atoms with van der Waals surface area (Å²) in [6.07, 6.45) is 2.69. The molecule has 18 heavy (non-hydrogen) atoms. The molecule has 8 heteroatoms. The average molecular weight is 266 g/mol. The van der Waals surface area contributed by atoms with Crippen LogP contribution in [0.5, 0.6) is 0 Å². The summed E-state index contributed by atoms with van der Waals surface area (Å²) in [4.78, 5) is 29.4. The van der Waals surface area contributed by atoms with Gasteiger partial charge in [-0.05, 0) is 0 Å². The number of nitrogens with one attached hydrogen (secondary N) is 1. The van der Waals surface area contributed by atoms with Gasteiger partial charge >= 0.3 is 5.97 Å². The van der Waals surface area contributed by atoms with Crippen molar-refractivity contribution >= 4 is 23.6 Å². The maximum atomic E-state index is 10.8. The highest BCUT2D eigenvalue weighted by molar-refractivity contribution is 7.99. The monoisotopic (exact) mass is 266 g/mol. The van der Waals surface area contributed by atoms with Crippen molar-refractivity contribution in [1.29, 1.82) is 5.26 Å². The summed E-state index contributed by atoms with van der Waals surface area (Å²) < 4.78 is 0. The van der Waals surface area contributed by atoms with Gasteiger partial charge in [0.2, 0.25) is 5.91 Å². The molecular formula is C10H10N4O3S. The number of carbonyl (C=O) groups excluding carboxylic acids is 1. The van der Waals surface area contributed by atoms with E-state index in [2.05, 4.69) is 15.3 Å². The number of carboxylic acids is 1. The normalized spacial score (nSPS) is 11.3. The summed E-state index contributed by atoms with van der Waals surface area (Å²) in [5.74, 6) is -1.39. The van der Waals surface area contributed by atoms with Gasteiger partial charge < -0.3 is 10.4 Å². The van der Waals surface area contributed by atoms with Crippen molar-refractivity contribution in [3.8, 4) is 6.07 Å². The number of nitrogens with zero attached hydrogens (tertiary/aromatic N) is 3. The predicted octanol–water partition coefficient (Wildman–Crippen LogP) is 0.0297. The van der Waals surface area contributed by atoms with Crippen LogP contribution in [-0.4, -0.2) is 38.7 Å². The minimum Gasteiger partial charge on any atom is -0.480 e. The summed E-state index contributed by atoms with van der Waals surface area (Å²) in [5, 5.41) is 20.2. The highest BCUT2D eigenvalue weighted by Crippen LogP contribution is 2.14. The lowest BCUT2D eigenvalue weighted by atomic mass is 10.3. The number of carbonyl (C=O) groups is 2. The molecule has 1 atom stereocenters. The highest BCUT2D eigenvalue weighted by atomic mass is 32.2. The zero-order valence-corrected chi connectivity index (χ0v) is 10.3. The third-order valence-electron chi connectivity index (χ3n) is 1.82. The summed E-state index contributed by atoms with van der Waals surface area (Å²) in [6.45, 7) is 1.25. The molecule has 0 aromatic carbocycles. The Morgan fingerprint density at radius 2 is 2.28 bits per heavy atom. The number of carboxylic acid groups (broad SMARTS) is 1. The second-order valence-corrected chi connectivity index (χ2v) is 4.29. The van der Waals surface area contributed by atoms with Crippen LogP contribution in [0.1, 0.15) is 12.6 Å². The van der Waals surface area contributed by atoms with Gasteiger partial charge in [-0.3, -0.25) is 4.79 Å². The van der Waals surface area contributed by atoms with Crippen molar-refractivity contribution in [2.45, 2.75) is 18.0 Å². The zero-order chi connectivity index (χ0) is 13.5. The summed E-state index contributed by atoms with van der Waals surface area (Å²) in [7, 11) is 0. The summed E-state index contributed by atoms with van der Waals surface area (Å²) in [6, 6.07) is 0.848. The molecule has 1 aromatic heterocycles. The SMILES string of the molecule is CC(=O)N[C@@H](CSc1cnc(C#N)cn1)C(=O)O. The van der Waals surface area contributed by atoms with Crippen molar-refractivity contribution in [3.05, 3.63) is 18.1 Å². The number of thioether (sulfide) groups is 1. The Morgan fingerprint density at radius 3 is 2.72 bits per heavy atom. The van der Waals surface area contributed by atoms with Crippen molar-refractivity contribution < 1.29 is 14.7 Å². The van der Waals surface area contributed by atoms with Gasteiger partial charge in [0.25, 0.3) is 0 Å². The molecule has 7 nitrogen and oxygen atoms in total. The Bertz CT molecular complexity index is 483. The first-order chi connectivity index (χ1) is 8.52. The Kier molecular flexibility index (Phi) is 5.07. The smallest absolute Gasteiger partial charge is 0.327 e. The van der Waals surface area contributed by atoms with E-state index in [4.69, 9.17) is 10.4 Å². The van der Waals surface area contributed by atoms with E-state index in [1.165, 1.54) is 19.3 Å². The molecule has 0 saturated carbocycles. The topological polar surface area (TPSA) is 116 Å². The van der Waals surface area contributed by atoms with Crippen molar-refractivity contribution in [2.75, 3.05) is 5.75 Å². The van der Waals surface area contributed by atoms with Gasteiger partial charge in [-0.1, -0.05) is 0 Å². The van der Waals surface area contributed by atoms with Gasteiger partial charge in [-0.2, -0.15) is 5.26 Å². The molecule has 0 unspecified atom stereocenters. The van der Waals surface area contributed by atoms with E-state index in [1.54, 1.807) is 0 Å². The molecule has 2 N–H and O–H groups in total. The molecule has 0 radical (unpaired) electrons. The lowest BCUT2D eigenvalue weighted by Gasteiger charge is -2.11. The Balaban J connectivity index is 2.58. The number of rotatable bonds is 5. The summed E-state index contributed by atoms with van der Waals surface area (Å²) in [5.41, 5.74) is 0.191. The number of amides is 1. The molecule has 1 amide bonds. The second kappa shape index (κ2) is 6.56. The first kappa shape index (κ1) is 13.9. The lowest BCUT2D eigenvalue weighted by Crippen LogP contribution is -2.41. The van der Waals surface area contributed by atoms with Crippen LogP contribution < -0.4 is 5.32 Å². The molecule has 0 aliphatic rings. The third-order valence-corrected chi connectivity index (χ3v) is 2.82. The Labute approximate surface area is 107 Å². The molecule has 0 saturated heterocycles. The summed E-state index contributed by atoms with van der Waals surface area (Å²) >= 11 is 1.14. The third kappa shape index (κ3) is 4.39. The number of aromatic nitrogens is 2. The van der Waals surface area contributed by atoms with Crippen molar-refractivity contribution in [3.63, 3.8) is 0 Å². The molecule has 0 fully saturated rings. The zero-order valence-electron chi connectivity index (χ0n) is 9.45. The standard InChI is InChI=1S/C10H10N4O3S/c1-6(15)14-8(10(16)17)5-18-9-4-12-7(2-11)3-13-9/h3-4,8H,5H2,1H3,(H,14,15)(H,16,17)/t8-/m0/s1. The first-order valence-corrected chi connectivity index (χ1v) is 5.86. The van der Waals surface area contributed by atoms with Gasteiger partial charge in [-0.25, -0.2) is 14.8 Å². The first-order valence-electron chi connectivity index (χ1n) is 4.87. The minimum absolute atomic E-state index is 0.134. The quantitative estimate of drug-likeness (QED) is 0.722. The van der Waals surface area contributed by atoms with E-state index in [-0.39, 0.29) is 11.4 Å². The van der Waals surface area contributed by atoms with Crippen LogP contribution in [0.15, 0.2) is 17.4 Å². The fourth-order valence-corrected chi connectivity index (χ4v) is 1.86. The van der Waals surface area contributed by atoms with Gasteiger partial charge in [0.15, 0.2) is 5.69 Å². The second-order valence-electron chi connectivity index (χ2n) is 3.25. The van der Waals surface area contributed by atoms with Crippen LogP contribution in [0.3, 0.4) is 0 Å². The molecule has 1 rings (SSSR count). The maximum absolute atomic E-state index is 10.8. The van der Waals surface area contributed by atoms with Crippen molar-refractivity contribution in [2.24, 2.45) is 0 Å². The average Bonchev–Trinajstić information content (AvgIpc) is 2.34.